The Balaban J connectivity index is 4.38. The summed E-state index contributed by atoms with van der Waals surface area (Å²) in [6.07, 6.45) is 3.99. The number of rotatable bonds is 11. The largest absolute Gasteiger partial charge is 0.468 e. The van der Waals surface area contributed by atoms with E-state index in [-0.39, 0.29) is 12.1 Å². The molecule has 0 rings (SSSR count). The molecule has 0 saturated heterocycles. The van der Waals surface area contributed by atoms with E-state index in [4.69, 9.17) is 9.47 Å². The summed E-state index contributed by atoms with van der Waals surface area (Å²) in [4.78, 5) is 12.0. The third-order valence-corrected chi connectivity index (χ3v) is 3.54. The third-order valence-electron chi connectivity index (χ3n) is 3.54. The van der Waals surface area contributed by atoms with E-state index in [1.807, 2.05) is 13.8 Å². The van der Waals surface area contributed by atoms with E-state index in [2.05, 4.69) is 26.1 Å². The van der Waals surface area contributed by atoms with Crippen molar-refractivity contribution in [3.63, 3.8) is 0 Å². The van der Waals surface area contributed by atoms with E-state index >= 15 is 0 Å². The molecule has 0 aliphatic heterocycles. The number of carbonyl (C=O) groups is 1. The molecular formula is C16H33NO3. The lowest BCUT2D eigenvalue weighted by atomic mass is 9.94. The van der Waals surface area contributed by atoms with Crippen LogP contribution in [-0.4, -0.2) is 37.9 Å². The molecule has 0 spiro atoms. The van der Waals surface area contributed by atoms with Crippen molar-refractivity contribution in [2.75, 3.05) is 20.3 Å². The number of hydrogen-bond donors (Lipinski definition) is 1. The summed E-state index contributed by atoms with van der Waals surface area (Å²) < 4.78 is 10.8. The van der Waals surface area contributed by atoms with Crippen molar-refractivity contribution in [1.82, 2.24) is 5.32 Å². The molecule has 0 amide bonds. The first-order chi connectivity index (χ1) is 9.39. The van der Waals surface area contributed by atoms with E-state index in [1.54, 1.807) is 0 Å². The maximum absolute atomic E-state index is 12.0. The molecule has 0 fully saturated rings. The molecule has 0 aliphatic carbocycles. The summed E-state index contributed by atoms with van der Waals surface area (Å²) in [5, 5.41) is 3.29. The Morgan fingerprint density at radius 2 is 1.90 bits per heavy atom. The fraction of sp³-hybridized carbons (Fsp3) is 0.938. The van der Waals surface area contributed by atoms with Crippen LogP contribution in [0, 0.1) is 5.92 Å². The van der Waals surface area contributed by atoms with Gasteiger partial charge in [-0.25, -0.2) is 0 Å². The van der Waals surface area contributed by atoms with Gasteiger partial charge in [0.1, 0.15) is 5.54 Å². The normalized spacial score (nSPS) is 17.3. The second-order valence-corrected chi connectivity index (χ2v) is 5.99. The minimum Gasteiger partial charge on any atom is -0.468 e. The Bertz CT molecular complexity index is 270. The maximum atomic E-state index is 12.0. The quantitative estimate of drug-likeness (QED) is 0.593. The molecule has 4 heteroatoms. The summed E-state index contributed by atoms with van der Waals surface area (Å²) in [5.74, 6) is 0.346. The number of nitrogens with one attached hydrogen (secondary N) is 1. The minimum absolute atomic E-state index is 0.0303. The molecule has 4 nitrogen and oxygen atoms in total. The molecule has 3 atom stereocenters. The topological polar surface area (TPSA) is 47.6 Å². The van der Waals surface area contributed by atoms with Crippen LogP contribution in [-0.2, 0) is 14.3 Å². The Labute approximate surface area is 124 Å². The van der Waals surface area contributed by atoms with E-state index < -0.39 is 5.54 Å². The van der Waals surface area contributed by atoms with Gasteiger partial charge in [0.05, 0.1) is 13.2 Å². The lowest BCUT2D eigenvalue weighted by molar-refractivity contribution is -0.149. The second kappa shape index (κ2) is 10.2. The van der Waals surface area contributed by atoms with E-state index in [9.17, 15) is 4.79 Å². The molecule has 1 N–H and O–H groups in total. The number of ether oxygens (including phenoxy) is 2. The summed E-state index contributed by atoms with van der Waals surface area (Å²) in [6, 6.07) is 0. The highest BCUT2D eigenvalue weighted by atomic mass is 16.5. The highest BCUT2D eigenvalue weighted by Gasteiger charge is 2.35. The predicted molar refractivity (Wildman–Crippen MR) is 82.8 cm³/mol. The van der Waals surface area contributed by atoms with Crippen LogP contribution >= 0.6 is 0 Å². The van der Waals surface area contributed by atoms with Gasteiger partial charge in [-0.2, -0.15) is 0 Å². The molecule has 0 radical (unpaired) electrons. The fourth-order valence-electron chi connectivity index (χ4n) is 2.39. The van der Waals surface area contributed by atoms with Crippen molar-refractivity contribution < 1.29 is 14.3 Å². The molecule has 0 aromatic heterocycles. The highest BCUT2D eigenvalue weighted by molar-refractivity contribution is 5.80. The van der Waals surface area contributed by atoms with Gasteiger partial charge in [0.2, 0.25) is 0 Å². The van der Waals surface area contributed by atoms with E-state index in [0.717, 1.165) is 19.6 Å². The highest BCUT2D eigenvalue weighted by Crippen LogP contribution is 2.18. The van der Waals surface area contributed by atoms with Crippen LogP contribution in [0.15, 0.2) is 0 Å². The van der Waals surface area contributed by atoms with Crippen molar-refractivity contribution in [3.8, 4) is 0 Å². The minimum atomic E-state index is -0.668. The zero-order chi connectivity index (χ0) is 15.6. The molecule has 0 aliphatic rings. The van der Waals surface area contributed by atoms with Crippen molar-refractivity contribution in [3.05, 3.63) is 0 Å². The standard InChI is InChI=1S/C16H33NO3/c1-7-9-13(3)12-20-14(4)11-16(5,15(18)19-6)17-10-8-2/h13-14,17H,7-12H2,1-6H3. The van der Waals surface area contributed by atoms with Gasteiger partial charge in [-0.15, -0.1) is 0 Å². The average molecular weight is 287 g/mol. The van der Waals surface area contributed by atoms with Crippen LogP contribution in [0.2, 0.25) is 0 Å². The lowest BCUT2D eigenvalue weighted by Gasteiger charge is -2.31. The molecule has 0 heterocycles. The fourth-order valence-corrected chi connectivity index (χ4v) is 2.39. The molecule has 20 heavy (non-hydrogen) atoms. The first kappa shape index (κ1) is 19.4. The van der Waals surface area contributed by atoms with Crippen molar-refractivity contribution in [2.45, 2.75) is 71.9 Å². The van der Waals surface area contributed by atoms with E-state index in [1.165, 1.54) is 20.0 Å². The predicted octanol–water partition coefficient (Wildman–Crippen LogP) is 3.15. The SMILES string of the molecule is CCCNC(C)(CC(C)OCC(C)CCC)C(=O)OC. The van der Waals surface area contributed by atoms with Crippen LogP contribution in [0.25, 0.3) is 0 Å². The van der Waals surface area contributed by atoms with Crippen LogP contribution in [0.1, 0.15) is 60.3 Å². The second-order valence-electron chi connectivity index (χ2n) is 5.99. The van der Waals surface area contributed by atoms with Gasteiger partial charge >= 0.3 is 5.97 Å². The summed E-state index contributed by atoms with van der Waals surface area (Å²) in [7, 11) is 1.43. The summed E-state index contributed by atoms with van der Waals surface area (Å²) in [6.45, 7) is 11.9. The van der Waals surface area contributed by atoms with Gasteiger partial charge in [-0.05, 0) is 39.2 Å². The first-order valence-electron chi connectivity index (χ1n) is 7.84. The van der Waals surface area contributed by atoms with Crippen LogP contribution in [0.3, 0.4) is 0 Å². The zero-order valence-corrected chi connectivity index (χ0v) is 14.1. The van der Waals surface area contributed by atoms with Gasteiger partial charge in [0.15, 0.2) is 0 Å². The molecule has 0 aromatic carbocycles. The Kier molecular flexibility index (Phi) is 9.86. The number of hydrogen-bond acceptors (Lipinski definition) is 4. The van der Waals surface area contributed by atoms with Gasteiger partial charge in [0.25, 0.3) is 0 Å². The summed E-state index contributed by atoms with van der Waals surface area (Å²) >= 11 is 0. The van der Waals surface area contributed by atoms with Crippen LogP contribution in [0.5, 0.6) is 0 Å². The Hall–Kier alpha value is -0.610. The number of carbonyl (C=O) groups excluding carboxylic acids is 1. The van der Waals surface area contributed by atoms with Crippen molar-refractivity contribution in [2.24, 2.45) is 5.92 Å². The molecule has 0 aromatic rings. The Morgan fingerprint density at radius 1 is 1.25 bits per heavy atom. The molecule has 0 bridgehead atoms. The van der Waals surface area contributed by atoms with Crippen molar-refractivity contribution >= 4 is 5.97 Å². The third kappa shape index (κ3) is 7.25. The van der Waals surface area contributed by atoms with E-state index in [0.29, 0.717) is 12.3 Å². The van der Waals surface area contributed by atoms with Gasteiger partial charge in [0, 0.05) is 13.0 Å². The van der Waals surface area contributed by atoms with Crippen LogP contribution in [0.4, 0.5) is 0 Å². The van der Waals surface area contributed by atoms with Gasteiger partial charge < -0.3 is 14.8 Å². The Morgan fingerprint density at radius 3 is 2.40 bits per heavy atom. The smallest absolute Gasteiger partial charge is 0.325 e. The molecule has 120 valence electrons. The van der Waals surface area contributed by atoms with Crippen LogP contribution < -0.4 is 5.32 Å². The summed E-state index contributed by atoms with van der Waals surface area (Å²) in [5.41, 5.74) is -0.668. The van der Waals surface area contributed by atoms with Crippen molar-refractivity contribution in [1.29, 1.82) is 0 Å². The average Bonchev–Trinajstić information content (AvgIpc) is 2.42. The van der Waals surface area contributed by atoms with Gasteiger partial charge in [-0.3, -0.25) is 4.79 Å². The molecule has 0 saturated carbocycles. The zero-order valence-electron chi connectivity index (χ0n) is 14.1. The lowest BCUT2D eigenvalue weighted by Crippen LogP contribution is -2.52. The molecule has 3 unspecified atom stereocenters. The first-order valence-corrected chi connectivity index (χ1v) is 7.84. The maximum Gasteiger partial charge on any atom is 0.325 e. The number of methoxy groups -OCH3 is 1. The van der Waals surface area contributed by atoms with Gasteiger partial charge in [-0.1, -0.05) is 27.2 Å². The monoisotopic (exact) mass is 287 g/mol. The molecular weight excluding hydrogens is 254 g/mol. The number of esters is 1.